The summed E-state index contributed by atoms with van der Waals surface area (Å²) in [7, 11) is 3.93. The fourth-order valence-corrected chi connectivity index (χ4v) is 2.52. The van der Waals surface area contributed by atoms with Crippen LogP contribution in [0.4, 0.5) is 5.69 Å². The van der Waals surface area contributed by atoms with Crippen molar-refractivity contribution in [2.45, 2.75) is 17.9 Å². The SMILES string of the molecule is C[C@@H](O)c1ccc(SCCN(C)C)c([N+](=O)[O-])c1. The van der Waals surface area contributed by atoms with Crippen molar-refractivity contribution in [3.05, 3.63) is 33.9 Å². The van der Waals surface area contributed by atoms with E-state index in [0.29, 0.717) is 10.5 Å². The van der Waals surface area contributed by atoms with E-state index in [9.17, 15) is 15.2 Å². The van der Waals surface area contributed by atoms with Gasteiger partial charge < -0.3 is 10.0 Å². The van der Waals surface area contributed by atoms with Crippen LogP contribution in [-0.2, 0) is 0 Å². The summed E-state index contributed by atoms with van der Waals surface area (Å²) in [6, 6.07) is 4.89. The van der Waals surface area contributed by atoms with Gasteiger partial charge in [0.2, 0.25) is 0 Å². The molecule has 1 N–H and O–H groups in total. The Morgan fingerprint density at radius 3 is 2.67 bits per heavy atom. The summed E-state index contributed by atoms with van der Waals surface area (Å²) in [4.78, 5) is 13.3. The standard InChI is InChI=1S/C12H18N2O3S/c1-9(15)10-4-5-12(11(8-10)14(16)17)18-7-6-13(2)3/h4-5,8-9,15H,6-7H2,1-3H3/t9-/m1/s1. The number of nitro groups is 1. The largest absolute Gasteiger partial charge is 0.389 e. The van der Waals surface area contributed by atoms with Gasteiger partial charge in [0, 0.05) is 18.4 Å². The van der Waals surface area contributed by atoms with Crippen molar-refractivity contribution in [2.75, 3.05) is 26.4 Å². The van der Waals surface area contributed by atoms with E-state index >= 15 is 0 Å². The number of aliphatic hydroxyl groups excluding tert-OH is 1. The van der Waals surface area contributed by atoms with Crippen molar-refractivity contribution in [1.82, 2.24) is 4.90 Å². The average Bonchev–Trinajstić information content (AvgIpc) is 2.28. The Bertz CT molecular complexity index is 422. The molecule has 5 nitrogen and oxygen atoms in total. The number of nitrogens with zero attached hydrogens (tertiary/aromatic N) is 2. The van der Waals surface area contributed by atoms with Crippen LogP contribution in [-0.4, -0.2) is 41.3 Å². The molecule has 0 aliphatic rings. The van der Waals surface area contributed by atoms with Crippen molar-refractivity contribution in [3.8, 4) is 0 Å². The van der Waals surface area contributed by atoms with Crippen LogP contribution in [0, 0.1) is 10.1 Å². The van der Waals surface area contributed by atoms with Gasteiger partial charge in [-0.25, -0.2) is 0 Å². The van der Waals surface area contributed by atoms with Gasteiger partial charge in [-0.05, 0) is 32.6 Å². The molecule has 0 fully saturated rings. The summed E-state index contributed by atoms with van der Waals surface area (Å²) in [5.41, 5.74) is 0.635. The van der Waals surface area contributed by atoms with Crippen LogP contribution in [0.1, 0.15) is 18.6 Å². The van der Waals surface area contributed by atoms with Crippen molar-refractivity contribution >= 4 is 17.4 Å². The zero-order chi connectivity index (χ0) is 13.7. The second-order valence-corrected chi connectivity index (χ2v) is 5.45. The van der Waals surface area contributed by atoms with Crippen molar-refractivity contribution in [3.63, 3.8) is 0 Å². The van der Waals surface area contributed by atoms with Crippen LogP contribution in [0.3, 0.4) is 0 Å². The van der Waals surface area contributed by atoms with Gasteiger partial charge in [-0.2, -0.15) is 0 Å². The minimum absolute atomic E-state index is 0.0668. The molecule has 0 aromatic heterocycles. The highest BCUT2D eigenvalue weighted by Gasteiger charge is 2.16. The summed E-state index contributed by atoms with van der Waals surface area (Å²) in [5, 5.41) is 20.4. The van der Waals surface area contributed by atoms with E-state index in [-0.39, 0.29) is 5.69 Å². The van der Waals surface area contributed by atoms with Gasteiger partial charge in [0.15, 0.2) is 0 Å². The molecule has 1 aromatic rings. The number of aliphatic hydroxyl groups is 1. The maximum atomic E-state index is 11.0. The highest BCUT2D eigenvalue weighted by atomic mass is 32.2. The van der Waals surface area contributed by atoms with E-state index in [1.165, 1.54) is 17.8 Å². The van der Waals surface area contributed by atoms with E-state index in [2.05, 4.69) is 0 Å². The highest BCUT2D eigenvalue weighted by molar-refractivity contribution is 7.99. The number of benzene rings is 1. The van der Waals surface area contributed by atoms with Gasteiger partial charge in [-0.1, -0.05) is 6.07 Å². The van der Waals surface area contributed by atoms with Crippen LogP contribution in [0.5, 0.6) is 0 Å². The second kappa shape index (κ2) is 6.72. The van der Waals surface area contributed by atoms with Crippen molar-refractivity contribution < 1.29 is 10.0 Å². The monoisotopic (exact) mass is 270 g/mol. The maximum absolute atomic E-state index is 11.0. The lowest BCUT2D eigenvalue weighted by molar-refractivity contribution is -0.387. The van der Waals surface area contributed by atoms with E-state index in [1.807, 2.05) is 19.0 Å². The van der Waals surface area contributed by atoms with Crippen LogP contribution >= 0.6 is 11.8 Å². The maximum Gasteiger partial charge on any atom is 0.283 e. The summed E-state index contributed by atoms with van der Waals surface area (Å²) < 4.78 is 0. The minimum Gasteiger partial charge on any atom is -0.389 e. The first-order chi connectivity index (χ1) is 8.41. The number of rotatable bonds is 6. The number of thioether (sulfide) groups is 1. The van der Waals surface area contributed by atoms with E-state index in [4.69, 9.17) is 0 Å². The van der Waals surface area contributed by atoms with Crippen LogP contribution in [0.2, 0.25) is 0 Å². The molecular weight excluding hydrogens is 252 g/mol. The summed E-state index contributed by atoms with van der Waals surface area (Å²) in [6.07, 6.45) is -0.690. The first-order valence-corrected chi connectivity index (χ1v) is 6.64. The third kappa shape index (κ3) is 4.29. The molecule has 0 saturated heterocycles. The summed E-state index contributed by atoms with van der Waals surface area (Å²) in [5.74, 6) is 0.794. The molecule has 1 rings (SSSR count). The molecule has 0 radical (unpaired) electrons. The van der Waals surface area contributed by atoms with E-state index in [0.717, 1.165) is 12.3 Å². The van der Waals surface area contributed by atoms with Crippen molar-refractivity contribution in [2.24, 2.45) is 0 Å². The fraction of sp³-hybridized carbons (Fsp3) is 0.500. The van der Waals surface area contributed by atoms with Crippen molar-refractivity contribution in [1.29, 1.82) is 0 Å². The van der Waals surface area contributed by atoms with E-state index < -0.39 is 11.0 Å². The Balaban J connectivity index is 2.87. The van der Waals surface area contributed by atoms with Crippen LogP contribution in [0.15, 0.2) is 23.1 Å². The lowest BCUT2D eigenvalue weighted by Crippen LogP contribution is -2.14. The lowest BCUT2D eigenvalue weighted by atomic mass is 10.1. The highest BCUT2D eigenvalue weighted by Crippen LogP contribution is 2.31. The molecule has 0 aliphatic carbocycles. The molecule has 18 heavy (non-hydrogen) atoms. The first kappa shape index (κ1) is 14.9. The molecule has 0 spiro atoms. The van der Waals surface area contributed by atoms with E-state index in [1.54, 1.807) is 19.1 Å². The number of hydrogen-bond acceptors (Lipinski definition) is 5. The summed E-state index contributed by atoms with van der Waals surface area (Å²) in [6.45, 7) is 2.46. The lowest BCUT2D eigenvalue weighted by Gasteiger charge is -2.10. The smallest absolute Gasteiger partial charge is 0.283 e. The Hall–Kier alpha value is -1.11. The predicted octanol–water partition coefficient (Wildman–Crippen LogP) is 2.30. The topological polar surface area (TPSA) is 66.6 Å². The molecule has 0 heterocycles. The van der Waals surface area contributed by atoms with Gasteiger partial charge in [0.1, 0.15) is 0 Å². The van der Waals surface area contributed by atoms with Gasteiger partial charge in [0.05, 0.1) is 15.9 Å². The summed E-state index contributed by atoms with van der Waals surface area (Å²) >= 11 is 1.46. The zero-order valence-electron chi connectivity index (χ0n) is 10.8. The molecule has 1 aromatic carbocycles. The van der Waals surface area contributed by atoms with Crippen LogP contribution < -0.4 is 0 Å². The Labute approximate surface area is 111 Å². The minimum atomic E-state index is -0.690. The Kier molecular flexibility index (Phi) is 5.58. The number of hydrogen-bond donors (Lipinski definition) is 1. The van der Waals surface area contributed by atoms with Gasteiger partial charge >= 0.3 is 0 Å². The quantitative estimate of drug-likeness (QED) is 0.488. The molecule has 0 amide bonds. The van der Waals surface area contributed by atoms with Gasteiger partial charge in [-0.3, -0.25) is 10.1 Å². The third-order valence-corrected chi connectivity index (χ3v) is 3.50. The average molecular weight is 270 g/mol. The molecular formula is C12H18N2O3S. The van der Waals surface area contributed by atoms with Gasteiger partial charge in [0.25, 0.3) is 5.69 Å². The Morgan fingerprint density at radius 1 is 1.50 bits per heavy atom. The zero-order valence-corrected chi connectivity index (χ0v) is 11.6. The second-order valence-electron chi connectivity index (χ2n) is 4.31. The molecule has 0 aliphatic heterocycles. The van der Waals surface area contributed by atoms with Gasteiger partial charge in [-0.15, -0.1) is 11.8 Å². The molecule has 1 atom stereocenters. The molecule has 0 saturated carbocycles. The molecule has 0 unspecified atom stereocenters. The Morgan fingerprint density at radius 2 is 2.17 bits per heavy atom. The third-order valence-electron chi connectivity index (χ3n) is 2.46. The predicted molar refractivity (Wildman–Crippen MR) is 73.0 cm³/mol. The first-order valence-electron chi connectivity index (χ1n) is 5.65. The number of nitro benzene ring substituents is 1. The fourth-order valence-electron chi connectivity index (χ4n) is 1.40. The van der Waals surface area contributed by atoms with Crippen LogP contribution in [0.25, 0.3) is 0 Å². The molecule has 0 bridgehead atoms. The molecule has 6 heteroatoms. The molecule has 100 valence electrons. The normalized spacial score (nSPS) is 12.7.